The molecular weight excluding hydrogens is 670 g/mol. The largest absolute Gasteiger partial charge is 0.457 e. The molecule has 50 heavy (non-hydrogen) atoms. The van der Waals surface area contributed by atoms with Crippen LogP contribution in [0.4, 0.5) is 5.69 Å². The zero-order chi connectivity index (χ0) is 35.5. The summed E-state index contributed by atoms with van der Waals surface area (Å²) in [6.07, 6.45) is 0.894. The van der Waals surface area contributed by atoms with Gasteiger partial charge >= 0.3 is 0 Å². The zero-order valence-corrected chi connectivity index (χ0v) is 29.6. The number of nitrogens with one attached hydrogen (secondary N) is 1. The number of amides is 2. The minimum atomic E-state index is -4.24. The van der Waals surface area contributed by atoms with Crippen LogP contribution < -0.4 is 14.4 Å². The molecular formula is C40H40ClN3O5S. The van der Waals surface area contributed by atoms with Crippen LogP contribution in [0, 0.1) is 0 Å². The van der Waals surface area contributed by atoms with E-state index in [4.69, 9.17) is 16.3 Å². The molecule has 0 fully saturated rings. The van der Waals surface area contributed by atoms with Crippen LogP contribution in [-0.2, 0) is 32.6 Å². The lowest BCUT2D eigenvalue weighted by Gasteiger charge is -2.34. The second-order valence-electron chi connectivity index (χ2n) is 11.9. The van der Waals surface area contributed by atoms with Gasteiger partial charge in [-0.3, -0.25) is 13.9 Å². The Morgan fingerprint density at radius 3 is 1.94 bits per heavy atom. The van der Waals surface area contributed by atoms with Crippen molar-refractivity contribution >= 4 is 39.1 Å². The maximum Gasteiger partial charge on any atom is 0.264 e. The van der Waals surface area contributed by atoms with Gasteiger partial charge in [0.1, 0.15) is 24.1 Å². The van der Waals surface area contributed by atoms with Gasteiger partial charge < -0.3 is 15.0 Å². The minimum Gasteiger partial charge on any atom is -0.457 e. The predicted molar refractivity (Wildman–Crippen MR) is 198 cm³/mol. The van der Waals surface area contributed by atoms with Gasteiger partial charge in [-0.25, -0.2) is 8.42 Å². The molecule has 258 valence electrons. The Balaban J connectivity index is 1.56. The van der Waals surface area contributed by atoms with E-state index in [9.17, 15) is 18.0 Å². The lowest BCUT2D eigenvalue weighted by molar-refractivity contribution is -0.140. The lowest BCUT2D eigenvalue weighted by atomic mass is 10.0. The number of sulfonamides is 1. The fraction of sp³-hybridized carbons (Fsp3) is 0.200. The first-order chi connectivity index (χ1) is 24.2. The number of hydrogen-bond acceptors (Lipinski definition) is 5. The highest BCUT2D eigenvalue weighted by molar-refractivity contribution is 7.92. The second-order valence-corrected chi connectivity index (χ2v) is 14.1. The maximum atomic E-state index is 14.7. The van der Waals surface area contributed by atoms with Crippen LogP contribution in [0.3, 0.4) is 0 Å². The number of carbonyl (C=O) groups is 2. The molecule has 2 amide bonds. The van der Waals surface area contributed by atoms with Crippen LogP contribution in [0.2, 0.25) is 5.02 Å². The average Bonchev–Trinajstić information content (AvgIpc) is 3.14. The van der Waals surface area contributed by atoms with Crippen LogP contribution in [0.1, 0.15) is 31.4 Å². The van der Waals surface area contributed by atoms with Crippen molar-refractivity contribution in [3.63, 3.8) is 0 Å². The van der Waals surface area contributed by atoms with Gasteiger partial charge in [-0.1, -0.05) is 103 Å². The Labute approximate surface area is 299 Å². The van der Waals surface area contributed by atoms with E-state index in [1.165, 1.54) is 17.0 Å². The van der Waals surface area contributed by atoms with Gasteiger partial charge in [-0.2, -0.15) is 0 Å². The van der Waals surface area contributed by atoms with Crippen molar-refractivity contribution in [3.05, 3.63) is 156 Å². The van der Waals surface area contributed by atoms with Crippen LogP contribution in [0.15, 0.2) is 144 Å². The Bertz CT molecular complexity index is 1960. The summed E-state index contributed by atoms with van der Waals surface area (Å²) in [5.41, 5.74) is 1.72. The normalized spacial score (nSPS) is 12.4. The minimum absolute atomic E-state index is 0.0189. The first kappa shape index (κ1) is 36.2. The van der Waals surface area contributed by atoms with Gasteiger partial charge in [-0.15, -0.1) is 0 Å². The van der Waals surface area contributed by atoms with Crippen molar-refractivity contribution in [1.29, 1.82) is 0 Å². The smallest absolute Gasteiger partial charge is 0.264 e. The summed E-state index contributed by atoms with van der Waals surface area (Å²) >= 11 is 6.59. The van der Waals surface area contributed by atoms with Crippen molar-refractivity contribution in [1.82, 2.24) is 10.2 Å². The third-order valence-electron chi connectivity index (χ3n) is 8.28. The molecule has 0 aliphatic carbocycles. The van der Waals surface area contributed by atoms with E-state index in [1.807, 2.05) is 74.5 Å². The number of benzene rings is 5. The number of anilines is 1. The molecule has 2 atom stereocenters. The first-order valence-electron chi connectivity index (χ1n) is 16.4. The van der Waals surface area contributed by atoms with E-state index in [2.05, 4.69) is 5.32 Å². The van der Waals surface area contributed by atoms with Crippen LogP contribution in [0.25, 0.3) is 0 Å². The molecule has 0 bridgehead atoms. The van der Waals surface area contributed by atoms with E-state index in [0.717, 1.165) is 9.87 Å². The molecule has 0 radical (unpaired) electrons. The van der Waals surface area contributed by atoms with Gasteiger partial charge in [-0.05, 0) is 79.1 Å². The summed E-state index contributed by atoms with van der Waals surface area (Å²) < 4.78 is 35.6. The van der Waals surface area contributed by atoms with Gasteiger partial charge in [0.05, 0.1) is 10.6 Å². The Kier molecular flexibility index (Phi) is 12.3. The van der Waals surface area contributed by atoms with Gasteiger partial charge in [0.2, 0.25) is 11.8 Å². The highest BCUT2D eigenvalue weighted by atomic mass is 35.5. The third-order valence-corrected chi connectivity index (χ3v) is 10.4. The highest BCUT2D eigenvalue weighted by Crippen LogP contribution is 2.29. The Morgan fingerprint density at radius 1 is 0.760 bits per heavy atom. The molecule has 0 aliphatic heterocycles. The lowest BCUT2D eigenvalue weighted by Crippen LogP contribution is -2.54. The van der Waals surface area contributed by atoms with Crippen molar-refractivity contribution in [2.24, 2.45) is 0 Å². The summed E-state index contributed by atoms with van der Waals surface area (Å²) in [6, 6.07) is 39.1. The topological polar surface area (TPSA) is 96.0 Å². The first-order valence-corrected chi connectivity index (χ1v) is 18.3. The molecule has 0 spiro atoms. The van der Waals surface area contributed by atoms with E-state index in [0.29, 0.717) is 28.5 Å². The van der Waals surface area contributed by atoms with Gasteiger partial charge in [0.15, 0.2) is 0 Å². The maximum absolute atomic E-state index is 14.7. The molecule has 8 nitrogen and oxygen atoms in total. The summed E-state index contributed by atoms with van der Waals surface area (Å²) in [5, 5.41) is 3.47. The number of halogens is 1. The van der Waals surface area contributed by atoms with Crippen LogP contribution in [-0.4, -0.2) is 43.8 Å². The molecule has 5 rings (SSSR count). The third kappa shape index (κ3) is 9.31. The molecule has 0 saturated carbocycles. The molecule has 0 aliphatic rings. The van der Waals surface area contributed by atoms with Crippen LogP contribution in [0.5, 0.6) is 11.5 Å². The fourth-order valence-corrected chi connectivity index (χ4v) is 6.99. The molecule has 10 heteroatoms. The van der Waals surface area contributed by atoms with E-state index in [-0.39, 0.29) is 35.5 Å². The summed E-state index contributed by atoms with van der Waals surface area (Å²) in [7, 11) is -4.24. The van der Waals surface area contributed by atoms with E-state index < -0.39 is 28.5 Å². The van der Waals surface area contributed by atoms with Gasteiger partial charge in [0.25, 0.3) is 10.0 Å². The number of para-hydroxylation sites is 1. The Morgan fingerprint density at radius 2 is 1.32 bits per heavy atom. The summed E-state index contributed by atoms with van der Waals surface area (Å²) in [6.45, 7) is 3.26. The van der Waals surface area contributed by atoms with Crippen molar-refractivity contribution in [2.45, 2.75) is 50.2 Å². The SMILES string of the molecule is CC[C@H](C)NC(=O)[C@@H](Cc1ccccc1)N(Cc1ccccc1Cl)C(=O)CN(c1ccc(Oc2ccccc2)cc1)S(=O)(=O)c1ccccc1. The number of hydrogen-bond donors (Lipinski definition) is 1. The quantitative estimate of drug-likeness (QED) is 0.119. The number of rotatable bonds is 15. The van der Waals surface area contributed by atoms with Gasteiger partial charge in [0, 0.05) is 24.0 Å². The molecule has 5 aromatic rings. The van der Waals surface area contributed by atoms with E-state index in [1.54, 1.807) is 66.7 Å². The summed E-state index contributed by atoms with van der Waals surface area (Å²) in [4.78, 5) is 30.2. The molecule has 5 aromatic carbocycles. The van der Waals surface area contributed by atoms with Crippen molar-refractivity contribution in [2.75, 3.05) is 10.8 Å². The highest BCUT2D eigenvalue weighted by Gasteiger charge is 2.35. The molecule has 0 aromatic heterocycles. The van der Waals surface area contributed by atoms with Crippen molar-refractivity contribution < 1.29 is 22.7 Å². The molecule has 0 heterocycles. The average molecular weight is 710 g/mol. The standard InChI is InChI=1S/C40H40ClN3O5S/c1-3-30(2)42-40(46)38(27-31-15-7-4-8-16-31)43(28-32-17-13-14-22-37(32)41)39(45)29-44(50(47,48)36-20-11-6-12-21-36)33-23-25-35(26-24-33)49-34-18-9-5-10-19-34/h4-26,30,38H,3,27-29H2,1-2H3,(H,42,46)/t30-,38+/m0/s1. The zero-order valence-electron chi connectivity index (χ0n) is 28.0. The number of ether oxygens (including phenoxy) is 1. The number of nitrogens with zero attached hydrogens (tertiary/aromatic N) is 2. The monoisotopic (exact) mass is 709 g/mol. The Hall–Kier alpha value is -5.12. The fourth-order valence-electron chi connectivity index (χ4n) is 5.36. The second kappa shape index (κ2) is 17.0. The van der Waals surface area contributed by atoms with Crippen LogP contribution >= 0.6 is 11.6 Å². The van der Waals surface area contributed by atoms with E-state index >= 15 is 0 Å². The van der Waals surface area contributed by atoms with Crippen molar-refractivity contribution in [3.8, 4) is 11.5 Å². The number of carbonyl (C=O) groups excluding carboxylic acids is 2. The predicted octanol–water partition coefficient (Wildman–Crippen LogP) is 7.88. The molecule has 0 unspecified atom stereocenters. The molecule has 0 saturated heterocycles. The molecule has 1 N–H and O–H groups in total. The summed E-state index contributed by atoms with van der Waals surface area (Å²) in [5.74, 6) is 0.200.